The molecular weight excluding hydrogens is 168 g/mol. The van der Waals surface area contributed by atoms with Gasteiger partial charge in [-0.2, -0.15) is 0 Å². The molecule has 0 aliphatic carbocycles. The van der Waals surface area contributed by atoms with Gasteiger partial charge in [0, 0.05) is 31.9 Å². The van der Waals surface area contributed by atoms with Crippen molar-refractivity contribution in [1.82, 2.24) is 0 Å². The van der Waals surface area contributed by atoms with Gasteiger partial charge in [0.25, 0.3) is 5.69 Å². The molecule has 0 heterocycles. The molecular formula is C9H12N2O2. The summed E-state index contributed by atoms with van der Waals surface area (Å²) in [6.07, 6.45) is 0. The number of rotatable bonds is 2. The van der Waals surface area contributed by atoms with Crippen molar-refractivity contribution < 1.29 is 4.92 Å². The minimum Gasteiger partial charge on any atom is -0.377 e. The molecule has 0 atom stereocenters. The first-order chi connectivity index (χ1) is 6.02. The molecule has 0 saturated heterocycles. The van der Waals surface area contributed by atoms with Gasteiger partial charge in [0.15, 0.2) is 0 Å². The van der Waals surface area contributed by atoms with Crippen LogP contribution in [0.3, 0.4) is 0 Å². The zero-order chi connectivity index (χ0) is 10.0. The lowest BCUT2D eigenvalue weighted by atomic mass is 10.1. The molecule has 1 aromatic rings. The fraction of sp³-hybridized carbons (Fsp3) is 0.333. The maximum absolute atomic E-state index is 10.5. The topological polar surface area (TPSA) is 46.4 Å². The van der Waals surface area contributed by atoms with Crippen molar-refractivity contribution in [3.8, 4) is 0 Å². The molecule has 4 nitrogen and oxygen atoms in total. The minimum absolute atomic E-state index is 0.134. The standard InChI is InChI=1S/C9H12N2O2/c1-7-4-5-8(11(12)13)6-9(7)10(2)3/h4-6H,1-3H3. The molecule has 0 bridgehead atoms. The number of benzene rings is 1. The van der Waals surface area contributed by atoms with E-state index in [1.54, 1.807) is 12.1 Å². The average Bonchev–Trinajstić information content (AvgIpc) is 2.04. The van der Waals surface area contributed by atoms with E-state index in [0.717, 1.165) is 11.3 Å². The molecule has 0 spiro atoms. The Hall–Kier alpha value is -1.58. The van der Waals surface area contributed by atoms with Gasteiger partial charge < -0.3 is 4.90 Å². The molecule has 0 aliphatic heterocycles. The van der Waals surface area contributed by atoms with Crippen LogP contribution in [0, 0.1) is 17.0 Å². The van der Waals surface area contributed by atoms with Gasteiger partial charge in [-0.1, -0.05) is 6.07 Å². The quantitative estimate of drug-likeness (QED) is 0.516. The number of nitro groups is 1. The number of hydrogen-bond acceptors (Lipinski definition) is 3. The third-order valence-corrected chi connectivity index (χ3v) is 1.89. The van der Waals surface area contributed by atoms with Crippen molar-refractivity contribution in [1.29, 1.82) is 0 Å². The van der Waals surface area contributed by atoms with E-state index in [1.807, 2.05) is 25.9 Å². The Kier molecular flexibility index (Phi) is 2.51. The minimum atomic E-state index is -0.382. The summed E-state index contributed by atoms with van der Waals surface area (Å²) in [6.45, 7) is 1.93. The number of non-ortho nitro benzene ring substituents is 1. The van der Waals surface area contributed by atoms with Crippen molar-refractivity contribution >= 4 is 11.4 Å². The van der Waals surface area contributed by atoms with Crippen LogP contribution in [0.15, 0.2) is 18.2 Å². The predicted molar refractivity (Wildman–Crippen MR) is 52.2 cm³/mol. The zero-order valence-electron chi connectivity index (χ0n) is 7.94. The van der Waals surface area contributed by atoms with E-state index in [9.17, 15) is 10.1 Å². The third kappa shape index (κ3) is 1.96. The summed E-state index contributed by atoms with van der Waals surface area (Å²) >= 11 is 0. The van der Waals surface area contributed by atoms with E-state index in [-0.39, 0.29) is 10.6 Å². The fourth-order valence-corrected chi connectivity index (χ4v) is 1.19. The van der Waals surface area contributed by atoms with Gasteiger partial charge in [0.2, 0.25) is 0 Å². The van der Waals surface area contributed by atoms with Gasteiger partial charge in [-0.25, -0.2) is 0 Å². The summed E-state index contributed by atoms with van der Waals surface area (Å²) in [5, 5.41) is 10.5. The lowest BCUT2D eigenvalue weighted by Gasteiger charge is -2.14. The Bertz CT molecular complexity index is 334. The molecule has 70 valence electrons. The van der Waals surface area contributed by atoms with E-state index in [0.29, 0.717) is 0 Å². The van der Waals surface area contributed by atoms with Gasteiger partial charge in [-0.15, -0.1) is 0 Å². The van der Waals surface area contributed by atoms with Crippen LogP contribution < -0.4 is 4.90 Å². The molecule has 0 amide bonds. The first-order valence-electron chi connectivity index (χ1n) is 3.94. The maximum Gasteiger partial charge on any atom is 0.271 e. The molecule has 0 fully saturated rings. The molecule has 0 saturated carbocycles. The van der Waals surface area contributed by atoms with Crippen LogP contribution >= 0.6 is 0 Å². The number of hydrogen-bond donors (Lipinski definition) is 0. The Morgan fingerprint density at radius 1 is 1.38 bits per heavy atom. The zero-order valence-corrected chi connectivity index (χ0v) is 7.94. The molecule has 0 aliphatic rings. The average molecular weight is 180 g/mol. The van der Waals surface area contributed by atoms with Gasteiger partial charge in [-0.3, -0.25) is 10.1 Å². The second-order valence-electron chi connectivity index (χ2n) is 3.12. The number of nitro benzene ring substituents is 1. The van der Waals surface area contributed by atoms with Gasteiger partial charge in [-0.05, 0) is 12.5 Å². The van der Waals surface area contributed by atoms with Crippen molar-refractivity contribution in [2.24, 2.45) is 0 Å². The van der Waals surface area contributed by atoms with E-state index in [1.165, 1.54) is 6.07 Å². The van der Waals surface area contributed by atoms with Crippen LogP contribution in [0.1, 0.15) is 5.56 Å². The SMILES string of the molecule is Cc1ccc([N+](=O)[O-])cc1N(C)C. The molecule has 13 heavy (non-hydrogen) atoms. The maximum atomic E-state index is 10.5. The molecule has 0 aromatic heterocycles. The van der Waals surface area contributed by atoms with Gasteiger partial charge >= 0.3 is 0 Å². The highest BCUT2D eigenvalue weighted by Gasteiger charge is 2.08. The van der Waals surface area contributed by atoms with Crippen molar-refractivity contribution in [2.75, 3.05) is 19.0 Å². The van der Waals surface area contributed by atoms with Crippen molar-refractivity contribution in [3.05, 3.63) is 33.9 Å². The number of nitrogens with zero attached hydrogens (tertiary/aromatic N) is 2. The van der Waals surface area contributed by atoms with E-state index in [2.05, 4.69) is 0 Å². The van der Waals surface area contributed by atoms with E-state index in [4.69, 9.17) is 0 Å². The Morgan fingerprint density at radius 3 is 2.46 bits per heavy atom. The highest BCUT2D eigenvalue weighted by molar-refractivity contribution is 5.57. The molecule has 1 aromatic carbocycles. The molecule has 0 radical (unpaired) electrons. The number of aryl methyl sites for hydroxylation is 1. The van der Waals surface area contributed by atoms with Crippen molar-refractivity contribution in [2.45, 2.75) is 6.92 Å². The van der Waals surface area contributed by atoms with E-state index >= 15 is 0 Å². The summed E-state index contributed by atoms with van der Waals surface area (Å²) in [5.41, 5.74) is 2.05. The van der Waals surface area contributed by atoms with Crippen LogP contribution in [0.25, 0.3) is 0 Å². The highest BCUT2D eigenvalue weighted by Crippen LogP contribution is 2.23. The second kappa shape index (κ2) is 3.43. The summed E-state index contributed by atoms with van der Waals surface area (Å²) < 4.78 is 0. The lowest BCUT2D eigenvalue weighted by Crippen LogP contribution is -2.10. The first-order valence-corrected chi connectivity index (χ1v) is 3.94. The van der Waals surface area contributed by atoms with E-state index < -0.39 is 0 Å². The summed E-state index contributed by atoms with van der Waals surface area (Å²) in [4.78, 5) is 12.0. The van der Waals surface area contributed by atoms with Crippen LogP contribution in [0.4, 0.5) is 11.4 Å². The smallest absolute Gasteiger partial charge is 0.271 e. The Balaban J connectivity index is 3.19. The normalized spacial score (nSPS) is 9.77. The second-order valence-corrected chi connectivity index (χ2v) is 3.12. The summed E-state index contributed by atoms with van der Waals surface area (Å²) in [5.74, 6) is 0. The predicted octanol–water partition coefficient (Wildman–Crippen LogP) is 1.97. The molecule has 4 heteroatoms. The first kappa shape index (κ1) is 9.51. The Labute approximate surface area is 76.9 Å². The van der Waals surface area contributed by atoms with Crippen molar-refractivity contribution in [3.63, 3.8) is 0 Å². The largest absolute Gasteiger partial charge is 0.377 e. The molecule has 0 unspecified atom stereocenters. The van der Waals surface area contributed by atoms with Crippen LogP contribution in [-0.4, -0.2) is 19.0 Å². The highest BCUT2D eigenvalue weighted by atomic mass is 16.6. The van der Waals surface area contributed by atoms with Gasteiger partial charge in [0.1, 0.15) is 0 Å². The molecule has 1 rings (SSSR count). The van der Waals surface area contributed by atoms with Gasteiger partial charge in [0.05, 0.1) is 4.92 Å². The fourth-order valence-electron chi connectivity index (χ4n) is 1.19. The summed E-state index contributed by atoms with van der Waals surface area (Å²) in [7, 11) is 3.73. The molecule has 0 N–H and O–H groups in total. The number of anilines is 1. The van der Waals surface area contributed by atoms with Crippen LogP contribution in [0.2, 0.25) is 0 Å². The third-order valence-electron chi connectivity index (χ3n) is 1.89. The van der Waals surface area contributed by atoms with Crippen LogP contribution in [0.5, 0.6) is 0 Å². The summed E-state index contributed by atoms with van der Waals surface area (Å²) in [6, 6.07) is 4.85. The monoisotopic (exact) mass is 180 g/mol. The Morgan fingerprint density at radius 2 is 2.00 bits per heavy atom. The lowest BCUT2D eigenvalue weighted by molar-refractivity contribution is -0.384. The van der Waals surface area contributed by atoms with Crippen LogP contribution in [-0.2, 0) is 0 Å².